The highest BCUT2D eigenvalue weighted by atomic mass is 79.9. The Morgan fingerprint density at radius 3 is 2.43 bits per heavy atom. The minimum absolute atomic E-state index is 0.263. The predicted molar refractivity (Wildman–Crippen MR) is 134 cm³/mol. The van der Waals surface area contributed by atoms with Gasteiger partial charge >= 0.3 is 0 Å². The molecule has 0 saturated heterocycles. The standard InChI is InChI=1S/C27H28Br2O/c1-3-5-12-21(9-4-2)30-25-17-23-22-14-13-20(28)15-19(22)16-24(23)26(27(25)29)18-10-7-6-8-11-18/h6-8,10-11,13-15,17,21H,3-5,9,12,16H2,1-2H3. The van der Waals surface area contributed by atoms with E-state index in [2.05, 4.69) is 100 Å². The highest BCUT2D eigenvalue weighted by molar-refractivity contribution is 9.11. The van der Waals surface area contributed by atoms with Crippen molar-refractivity contribution in [2.24, 2.45) is 0 Å². The van der Waals surface area contributed by atoms with Crippen LogP contribution in [0, 0.1) is 0 Å². The molecule has 1 nitrogen and oxygen atoms in total. The smallest absolute Gasteiger partial charge is 0.135 e. The lowest BCUT2D eigenvalue weighted by molar-refractivity contribution is 0.175. The van der Waals surface area contributed by atoms with E-state index < -0.39 is 0 Å². The lowest BCUT2D eigenvalue weighted by Crippen LogP contribution is -2.16. The number of hydrogen-bond donors (Lipinski definition) is 0. The fourth-order valence-electron chi connectivity index (χ4n) is 4.44. The van der Waals surface area contributed by atoms with Gasteiger partial charge in [0, 0.05) is 10.0 Å². The first kappa shape index (κ1) is 21.6. The Labute approximate surface area is 197 Å². The second kappa shape index (κ2) is 9.70. The van der Waals surface area contributed by atoms with E-state index in [9.17, 15) is 0 Å². The van der Waals surface area contributed by atoms with E-state index in [1.165, 1.54) is 46.2 Å². The molecular weight excluding hydrogens is 500 g/mol. The molecule has 1 atom stereocenters. The van der Waals surface area contributed by atoms with Crippen LogP contribution in [0.1, 0.15) is 57.1 Å². The molecule has 0 spiro atoms. The fourth-order valence-corrected chi connectivity index (χ4v) is 5.53. The molecule has 0 radical (unpaired) electrons. The third-order valence-corrected chi connectivity index (χ3v) is 7.19. The third-order valence-electron chi connectivity index (χ3n) is 5.91. The monoisotopic (exact) mass is 526 g/mol. The molecule has 4 rings (SSSR count). The van der Waals surface area contributed by atoms with Crippen LogP contribution in [-0.2, 0) is 6.42 Å². The molecule has 3 heteroatoms. The summed E-state index contributed by atoms with van der Waals surface area (Å²) < 4.78 is 8.87. The summed E-state index contributed by atoms with van der Waals surface area (Å²) in [6.07, 6.45) is 6.95. The molecule has 0 fully saturated rings. The molecule has 1 aliphatic rings. The Balaban J connectivity index is 1.84. The summed E-state index contributed by atoms with van der Waals surface area (Å²) in [5.74, 6) is 0.970. The zero-order chi connectivity index (χ0) is 21.1. The van der Waals surface area contributed by atoms with Gasteiger partial charge in [0.05, 0.1) is 10.6 Å². The largest absolute Gasteiger partial charge is 0.489 e. The molecular formula is C27H28Br2O. The summed E-state index contributed by atoms with van der Waals surface area (Å²) in [4.78, 5) is 0. The zero-order valence-corrected chi connectivity index (χ0v) is 20.9. The Hall–Kier alpha value is -1.58. The minimum atomic E-state index is 0.263. The maximum absolute atomic E-state index is 6.66. The van der Waals surface area contributed by atoms with Crippen LogP contribution in [0.5, 0.6) is 5.75 Å². The molecule has 0 aromatic heterocycles. The Morgan fingerprint density at radius 2 is 1.70 bits per heavy atom. The van der Waals surface area contributed by atoms with E-state index in [0.29, 0.717) is 0 Å². The normalized spacial score (nSPS) is 13.1. The van der Waals surface area contributed by atoms with Gasteiger partial charge in [-0.25, -0.2) is 0 Å². The number of rotatable bonds is 8. The molecule has 0 N–H and O–H groups in total. The molecule has 3 aromatic carbocycles. The summed E-state index contributed by atoms with van der Waals surface area (Å²) in [5, 5.41) is 0. The van der Waals surface area contributed by atoms with Crippen LogP contribution in [0.3, 0.4) is 0 Å². The van der Waals surface area contributed by atoms with Crippen LogP contribution in [0.4, 0.5) is 0 Å². The van der Waals surface area contributed by atoms with Gasteiger partial charge in [-0.15, -0.1) is 0 Å². The van der Waals surface area contributed by atoms with Crippen molar-refractivity contribution in [1.29, 1.82) is 0 Å². The van der Waals surface area contributed by atoms with Crippen LogP contribution >= 0.6 is 31.9 Å². The molecule has 156 valence electrons. The van der Waals surface area contributed by atoms with Crippen molar-refractivity contribution in [2.75, 3.05) is 0 Å². The van der Waals surface area contributed by atoms with Crippen molar-refractivity contribution in [1.82, 2.24) is 0 Å². The quantitative estimate of drug-likeness (QED) is 0.222. The maximum atomic E-state index is 6.66. The van der Waals surface area contributed by atoms with Crippen molar-refractivity contribution in [2.45, 2.75) is 58.5 Å². The van der Waals surface area contributed by atoms with Gasteiger partial charge in [0.15, 0.2) is 0 Å². The highest BCUT2D eigenvalue weighted by Crippen LogP contribution is 2.49. The average molecular weight is 528 g/mol. The molecule has 0 bridgehead atoms. The van der Waals surface area contributed by atoms with E-state index in [0.717, 1.165) is 40.4 Å². The van der Waals surface area contributed by atoms with Gasteiger partial charge in [-0.3, -0.25) is 0 Å². The van der Waals surface area contributed by atoms with Crippen molar-refractivity contribution in [3.05, 3.63) is 74.7 Å². The van der Waals surface area contributed by atoms with Crippen molar-refractivity contribution >= 4 is 31.9 Å². The summed E-state index contributed by atoms with van der Waals surface area (Å²) in [5.41, 5.74) is 7.88. The first-order valence-corrected chi connectivity index (χ1v) is 12.6. The Kier molecular flexibility index (Phi) is 7.00. The summed E-state index contributed by atoms with van der Waals surface area (Å²) in [6.45, 7) is 4.49. The number of ether oxygens (including phenoxy) is 1. The molecule has 3 aromatic rings. The van der Waals surface area contributed by atoms with Gasteiger partial charge in [0.1, 0.15) is 5.75 Å². The number of unbranched alkanes of at least 4 members (excludes halogenated alkanes) is 1. The average Bonchev–Trinajstić information content (AvgIpc) is 3.10. The topological polar surface area (TPSA) is 9.23 Å². The van der Waals surface area contributed by atoms with Crippen molar-refractivity contribution < 1.29 is 4.74 Å². The molecule has 0 heterocycles. The first-order chi connectivity index (χ1) is 14.6. The Morgan fingerprint density at radius 1 is 0.900 bits per heavy atom. The molecule has 0 saturated carbocycles. The zero-order valence-electron chi connectivity index (χ0n) is 17.7. The van der Waals surface area contributed by atoms with Crippen LogP contribution < -0.4 is 4.74 Å². The van der Waals surface area contributed by atoms with Gasteiger partial charge in [-0.2, -0.15) is 0 Å². The van der Waals surface area contributed by atoms with Crippen molar-refractivity contribution in [3.63, 3.8) is 0 Å². The first-order valence-electron chi connectivity index (χ1n) is 11.0. The van der Waals surface area contributed by atoms with Gasteiger partial charge < -0.3 is 4.74 Å². The molecule has 1 unspecified atom stereocenters. The van der Waals surface area contributed by atoms with Crippen LogP contribution in [0.15, 0.2) is 63.5 Å². The maximum Gasteiger partial charge on any atom is 0.135 e. The molecule has 1 aliphatic carbocycles. The predicted octanol–water partition coefficient (Wildman–Crippen LogP) is 9.19. The molecule has 0 amide bonds. The minimum Gasteiger partial charge on any atom is -0.489 e. The number of hydrogen-bond acceptors (Lipinski definition) is 1. The SMILES string of the molecule is CCCCC(CCC)Oc1cc2c(c(-c3ccccc3)c1Br)Cc1cc(Br)ccc1-2. The van der Waals surface area contributed by atoms with Crippen LogP contribution in [0.2, 0.25) is 0 Å². The van der Waals surface area contributed by atoms with E-state index in [1.54, 1.807) is 0 Å². The van der Waals surface area contributed by atoms with Gasteiger partial charge in [-0.1, -0.05) is 85.4 Å². The number of halogens is 2. The Bertz CT molecular complexity index is 1030. The van der Waals surface area contributed by atoms with E-state index in [-0.39, 0.29) is 6.10 Å². The van der Waals surface area contributed by atoms with Crippen LogP contribution in [0.25, 0.3) is 22.3 Å². The summed E-state index contributed by atoms with van der Waals surface area (Å²) in [6, 6.07) is 19.6. The van der Waals surface area contributed by atoms with E-state index >= 15 is 0 Å². The number of benzene rings is 3. The van der Waals surface area contributed by atoms with Gasteiger partial charge in [-0.05, 0) is 81.2 Å². The second-order valence-electron chi connectivity index (χ2n) is 8.10. The van der Waals surface area contributed by atoms with Crippen LogP contribution in [-0.4, -0.2) is 6.10 Å². The molecule has 30 heavy (non-hydrogen) atoms. The lowest BCUT2D eigenvalue weighted by atomic mass is 9.95. The molecule has 0 aliphatic heterocycles. The second-order valence-corrected chi connectivity index (χ2v) is 9.81. The number of fused-ring (bicyclic) bond motifs is 3. The van der Waals surface area contributed by atoms with E-state index in [4.69, 9.17) is 4.74 Å². The summed E-state index contributed by atoms with van der Waals surface area (Å²) >= 11 is 7.59. The van der Waals surface area contributed by atoms with Crippen molar-refractivity contribution in [3.8, 4) is 28.0 Å². The van der Waals surface area contributed by atoms with Gasteiger partial charge in [0.25, 0.3) is 0 Å². The summed E-state index contributed by atoms with van der Waals surface area (Å²) in [7, 11) is 0. The highest BCUT2D eigenvalue weighted by Gasteiger charge is 2.27. The van der Waals surface area contributed by atoms with E-state index in [1.807, 2.05) is 0 Å². The fraction of sp³-hybridized carbons (Fsp3) is 0.333. The lowest BCUT2D eigenvalue weighted by Gasteiger charge is -2.22. The van der Waals surface area contributed by atoms with Gasteiger partial charge in [0.2, 0.25) is 0 Å². The third kappa shape index (κ3) is 4.38.